The number of nitrogens with one attached hydrogen (secondary N) is 1. The predicted octanol–water partition coefficient (Wildman–Crippen LogP) is 1.02. The Labute approximate surface area is 129 Å². The predicted molar refractivity (Wildman–Crippen MR) is 80.8 cm³/mol. The van der Waals surface area contributed by atoms with Gasteiger partial charge in [0.1, 0.15) is 18.5 Å². The molecule has 2 heterocycles. The fourth-order valence-corrected chi connectivity index (χ4v) is 2.64. The van der Waals surface area contributed by atoms with Gasteiger partial charge in [0, 0.05) is 30.9 Å². The number of aryl methyl sites for hydroxylation is 1. The highest BCUT2D eigenvalue weighted by Gasteiger charge is 2.43. The molecule has 0 radical (unpaired) electrons. The average molecular weight is 302 g/mol. The van der Waals surface area contributed by atoms with Gasteiger partial charge in [0.15, 0.2) is 0 Å². The second-order valence-electron chi connectivity index (χ2n) is 6.34. The molecule has 0 aliphatic heterocycles. The molecule has 1 aliphatic rings. The van der Waals surface area contributed by atoms with E-state index in [4.69, 9.17) is 0 Å². The molecule has 1 unspecified atom stereocenters. The van der Waals surface area contributed by atoms with Crippen LogP contribution in [0.4, 0.5) is 0 Å². The topological polar surface area (TPSA) is 77.6 Å². The SMILES string of the molecule is Cc1nccn1CC1(CNC(=O)C(C)Cn2cncn2)CC1. The van der Waals surface area contributed by atoms with Gasteiger partial charge in [-0.05, 0) is 19.8 Å². The summed E-state index contributed by atoms with van der Waals surface area (Å²) in [7, 11) is 0. The first-order chi connectivity index (χ1) is 10.6. The van der Waals surface area contributed by atoms with E-state index in [-0.39, 0.29) is 17.2 Å². The van der Waals surface area contributed by atoms with Crippen LogP contribution >= 0.6 is 0 Å². The molecule has 1 N–H and O–H groups in total. The Balaban J connectivity index is 1.49. The molecule has 0 spiro atoms. The molecule has 1 aliphatic carbocycles. The van der Waals surface area contributed by atoms with Crippen LogP contribution in [0.25, 0.3) is 0 Å². The van der Waals surface area contributed by atoms with Crippen molar-refractivity contribution in [3.8, 4) is 0 Å². The van der Waals surface area contributed by atoms with E-state index in [1.54, 1.807) is 11.0 Å². The van der Waals surface area contributed by atoms with Crippen molar-refractivity contribution in [1.82, 2.24) is 29.6 Å². The molecule has 1 fully saturated rings. The molecule has 0 bridgehead atoms. The Morgan fingerprint density at radius 3 is 2.91 bits per heavy atom. The van der Waals surface area contributed by atoms with Crippen LogP contribution in [0.15, 0.2) is 25.0 Å². The van der Waals surface area contributed by atoms with E-state index < -0.39 is 0 Å². The zero-order valence-electron chi connectivity index (χ0n) is 13.1. The first-order valence-electron chi connectivity index (χ1n) is 7.66. The van der Waals surface area contributed by atoms with E-state index in [1.165, 1.54) is 6.33 Å². The largest absolute Gasteiger partial charge is 0.355 e. The van der Waals surface area contributed by atoms with Crippen molar-refractivity contribution in [1.29, 1.82) is 0 Å². The summed E-state index contributed by atoms with van der Waals surface area (Å²) in [5.41, 5.74) is 0.202. The summed E-state index contributed by atoms with van der Waals surface area (Å²) in [4.78, 5) is 20.4. The summed E-state index contributed by atoms with van der Waals surface area (Å²) in [5, 5.41) is 7.13. The van der Waals surface area contributed by atoms with Crippen LogP contribution in [0.5, 0.6) is 0 Å². The molecular formula is C15H22N6O. The van der Waals surface area contributed by atoms with Crippen LogP contribution in [0.1, 0.15) is 25.6 Å². The third kappa shape index (κ3) is 3.35. The van der Waals surface area contributed by atoms with Gasteiger partial charge in [-0.25, -0.2) is 9.97 Å². The quantitative estimate of drug-likeness (QED) is 0.828. The van der Waals surface area contributed by atoms with E-state index in [2.05, 4.69) is 25.0 Å². The molecule has 2 aromatic rings. The van der Waals surface area contributed by atoms with Gasteiger partial charge in [0.2, 0.25) is 5.91 Å². The zero-order valence-corrected chi connectivity index (χ0v) is 13.1. The monoisotopic (exact) mass is 302 g/mol. The van der Waals surface area contributed by atoms with Gasteiger partial charge >= 0.3 is 0 Å². The van der Waals surface area contributed by atoms with E-state index in [0.29, 0.717) is 6.54 Å². The van der Waals surface area contributed by atoms with Crippen molar-refractivity contribution < 1.29 is 4.79 Å². The van der Waals surface area contributed by atoms with Crippen LogP contribution in [0.2, 0.25) is 0 Å². The second kappa shape index (κ2) is 5.90. The average Bonchev–Trinajstić information content (AvgIpc) is 2.86. The zero-order chi connectivity index (χ0) is 15.6. The molecule has 7 nitrogen and oxygen atoms in total. The highest BCUT2D eigenvalue weighted by molar-refractivity contribution is 5.78. The van der Waals surface area contributed by atoms with Crippen LogP contribution in [0.3, 0.4) is 0 Å². The molecule has 1 saturated carbocycles. The van der Waals surface area contributed by atoms with Crippen molar-refractivity contribution in [2.75, 3.05) is 6.54 Å². The summed E-state index contributed by atoms with van der Waals surface area (Å²) < 4.78 is 3.85. The maximum absolute atomic E-state index is 12.2. The van der Waals surface area contributed by atoms with Crippen molar-refractivity contribution in [3.63, 3.8) is 0 Å². The summed E-state index contributed by atoms with van der Waals surface area (Å²) in [6.45, 7) is 6.13. The second-order valence-corrected chi connectivity index (χ2v) is 6.34. The van der Waals surface area contributed by atoms with Gasteiger partial charge in [-0.3, -0.25) is 9.48 Å². The Morgan fingerprint density at radius 1 is 1.50 bits per heavy atom. The molecule has 0 aromatic carbocycles. The molecule has 118 valence electrons. The number of amides is 1. The van der Waals surface area contributed by atoms with Crippen LogP contribution in [0, 0.1) is 18.3 Å². The maximum atomic E-state index is 12.2. The number of hydrogen-bond acceptors (Lipinski definition) is 4. The lowest BCUT2D eigenvalue weighted by Gasteiger charge is -2.19. The van der Waals surface area contributed by atoms with Gasteiger partial charge in [-0.15, -0.1) is 0 Å². The lowest BCUT2D eigenvalue weighted by molar-refractivity contribution is -0.125. The highest BCUT2D eigenvalue weighted by Crippen LogP contribution is 2.46. The fourth-order valence-electron chi connectivity index (χ4n) is 2.64. The van der Waals surface area contributed by atoms with Gasteiger partial charge in [0.05, 0.1) is 12.5 Å². The van der Waals surface area contributed by atoms with Gasteiger partial charge in [-0.1, -0.05) is 6.92 Å². The number of carbonyl (C=O) groups is 1. The van der Waals surface area contributed by atoms with Crippen LogP contribution < -0.4 is 5.32 Å². The minimum absolute atomic E-state index is 0.0733. The molecule has 0 saturated heterocycles. The Bertz CT molecular complexity index is 628. The smallest absolute Gasteiger partial charge is 0.224 e. The standard InChI is InChI=1S/C15H22N6O/c1-12(7-21-11-16-10-19-21)14(22)18-8-15(3-4-15)9-20-6-5-17-13(20)2/h5-6,10-12H,3-4,7-9H2,1-2H3,(H,18,22). The summed E-state index contributed by atoms with van der Waals surface area (Å²) in [6, 6.07) is 0. The lowest BCUT2D eigenvalue weighted by Crippen LogP contribution is -2.37. The van der Waals surface area contributed by atoms with E-state index in [0.717, 1.165) is 31.8 Å². The van der Waals surface area contributed by atoms with E-state index in [9.17, 15) is 4.79 Å². The first kappa shape index (κ1) is 14.7. The van der Waals surface area contributed by atoms with Crippen molar-refractivity contribution in [3.05, 3.63) is 30.9 Å². The summed E-state index contributed by atoms with van der Waals surface area (Å²) in [6.07, 6.45) is 9.25. The third-order valence-corrected chi connectivity index (χ3v) is 4.40. The molecule has 7 heteroatoms. The molecule has 2 aromatic heterocycles. The number of rotatable bonds is 7. The fraction of sp³-hybridized carbons (Fsp3) is 0.600. The normalized spacial score (nSPS) is 17.2. The van der Waals surface area contributed by atoms with Gasteiger partial charge < -0.3 is 9.88 Å². The third-order valence-electron chi connectivity index (χ3n) is 4.40. The molecule has 3 rings (SSSR count). The molecule has 1 amide bonds. The van der Waals surface area contributed by atoms with E-state index >= 15 is 0 Å². The van der Waals surface area contributed by atoms with Crippen molar-refractivity contribution >= 4 is 5.91 Å². The minimum atomic E-state index is -0.118. The van der Waals surface area contributed by atoms with Gasteiger partial charge in [-0.2, -0.15) is 5.10 Å². The lowest BCUT2D eigenvalue weighted by atomic mass is 10.1. The number of hydrogen-bond donors (Lipinski definition) is 1. The van der Waals surface area contributed by atoms with Crippen molar-refractivity contribution in [2.24, 2.45) is 11.3 Å². The van der Waals surface area contributed by atoms with Gasteiger partial charge in [0.25, 0.3) is 0 Å². The highest BCUT2D eigenvalue weighted by atomic mass is 16.1. The molecule has 1 atom stereocenters. The summed E-state index contributed by atoms with van der Waals surface area (Å²) in [5.74, 6) is 0.980. The Hall–Kier alpha value is -2.18. The minimum Gasteiger partial charge on any atom is -0.355 e. The number of imidazole rings is 1. The molecule has 22 heavy (non-hydrogen) atoms. The van der Waals surface area contributed by atoms with Crippen molar-refractivity contribution in [2.45, 2.75) is 39.8 Å². The maximum Gasteiger partial charge on any atom is 0.224 e. The Morgan fingerprint density at radius 2 is 2.32 bits per heavy atom. The molecular weight excluding hydrogens is 280 g/mol. The Kier molecular flexibility index (Phi) is 3.96. The van der Waals surface area contributed by atoms with Crippen LogP contribution in [-0.4, -0.2) is 36.8 Å². The number of aromatic nitrogens is 5. The van der Waals surface area contributed by atoms with Crippen LogP contribution in [-0.2, 0) is 17.9 Å². The number of nitrogens with zero attached hydrogens (tertiary/aromatic N) is 5. The summed E-state index contributed by atoms with van der Waals surface area (Å²) >= 11 is 0. The number of carbonyl (C=O) groups excluding carboxylic acids is 1. The van der Waals surface area contributed by atoms with E-state index in [1.807, 2.05) is 26.2 Å². The first-order valence-corrected chi connectivity index (χ1v) is 7.66.